The van der Waals surface area contributed by atoms with Crippen LogP contribution in [0.3, 0.4) is 0 Å². The van der Waals surface area contributed by atoms with E-state index in [1.807, 2.05) is 30.3 Å². The predicted octanol–water partition coefficient (Wildman–Crippen LogP) is 3.89. The third-order valence-corrected chi connectivity index (χ3v) is 6.14. The highest BCUT2D eigenvalue weighted by Crippen LogP contribution is 2.32. The number of piperazine rings is 1. The molecule has 3 N–H and O–H groups in total. The van der Waals surface area contributed by atoms with Crippen molar-refractivity contribution in [2.45, 2.75) is 12.2 Å². The van der Waals surface area contributed by atoms with Gasteiger partial charge >= 0.3 is 6.18 Å². The van der Waals surface area contributed by atoms with Crippen molar-refractivity contribution in [3.63, 3.8) is 0 Å². The van der Waals surface area contributed by atoms with Gasteiger partial charge in [0, 0.05) is 37.6 Å². The van der Waals surface area contributed by atoms with Crippen LogP contribution in [0.1, 0.15) is 15.9 Å². The highest BCUT2D eigenvalue weighted by molar-refractivity contribution is 6.02. The topological polar surface area (TPSA) is 84.9 Å². The summed E-state index contributed by atoms with van der Waals surface area (Å²) in [4.78, 5) is 29.9. The summed E-state index contributed by atoms with van der Waals surface area (Å²) in [7, 11) is 0. The predicted molar refractivity (Wildman–Crippen MR) is 135 cm³/mol. The number of aliphatic hydroxyl groups is 1. The Morgan fingerprint density at radius 3 is 2.24 bits per heavy atom. The number of nitrogens with one attached hydrogen (secondary N) is 2. The minimum Gasteiger partial charge on any atom is -0.394 e. The molecule has 0 radical (unpaired) electrons. The van der Waals surface area contributed by atoms with Crippen molar-refractivity contribution < 1.29 is 27.9 Å². The van der Waals surface area contributed by atoms with Gasteiger partial charge in [-0.2, -0.15) is 13.2 Å². The van der Waals surface area contributed by atoms with Crippen LogP contribution in [0.5, 0.6) is 0 Å². The number of benzene rings is 3. The number of nitrogens with zero attached hydrogens (tertiary/aromatic N) is 2. The maximum Gasteiger partial charge on any atom is 0.416 e. The van der Waals surface area contributed by atoms with Gasteiger partial charge in [0.2, 0.25) is 5.91 Å². The van der Waals surface area contributed by atoms with E-state index in [-0.39, 0.29) is 16.9 Å². The summed E-state index contributed by atoms with van der Waals surface area (Å²) in [6.07, 6.45) is -4.50. The zero-order valence-corrected chi connectivity index (χ0v) is 19.9. The minimum absolute atomic E-state index is 0.125. The van der Waals surface area contributed by atoms with Crippen LogP contribution in [0.2, 0.25) is 0 Å². The van der Waals surface area contributed by atoms with Crippen molar-refractivity contribution >= 4 is 28.9 Å². The Kier molecular flexibility index (Phi) is 7.98. The Hall–Kier alpha value is -4.05. The average molecular weight is 513 g/mol. The Morgan fingerprint density at radius 1 is 0.892 bits per heavy atom. The van der Waals surface area contributed by atoms with E-state index in [0.717, 1.165) is 17.8 Å². The molecule has 7 nitrogen and oxygen atoms in total. The van der Waals surface area contributed by atoms with E-state index in [1.165, 1.54) is 18.2 Å². The van der Waals surface area contributed by atoms with Crippen LogP contribution in [0.25, 0.3) is 0 Å². The van der Waals surface area contributed by atoms with Crippen LogP contribution in [-0.4, -0.2) is 60.6 Å². The number of carbonyl (C=O) groups is 2. The van der Waals surface area contributed by atoms with Gasteiger partial charge in [-0.3, -0.25) is 9.59 Å². The van der Waals surface area contributed by atoms with Crippen molar-refractivity contribution in [3.8, 4) is 0 Å². The quantitative estimate of drug-likeness (QED) is 0.448. The summed E-state index contributed by atoms with van der Waals surface area (Å²) in [5.41, 5.74) is 0.783. The van der Waals surface area contributed by atoms with Gasteiger partial charge in [0.15, 0.2) is 0 Å². The van der Waals surface area contributed by atoms with Crippen LogP contribution >= 0.6 is 0 Å². The average Bonchev–Trinajstić information content (AvgIpc) is 2.92. The lowest BCUT2D eigenvalue weighted by Crippen LogP contribution is -2.56. The van der Waals surface area contributed by atoms with E-state index < -0.39 is 36.2 Å². The summed E-state index contributed by atoms with van der Waals surface area (Å²) in [5, 5.41) is 15.3. The van der Waals surface area contributed by atoms with Gasteiger partial charge in [-0.25, -0.2) is 0 Å². The highest BCUT2D eigenvalue weighted by atomic mass is 19.4. The molecule has 0 aromatic heterocycles. The van der Waals surface area contributed by atoms with Gasteiger partial charge in [-0.1, -0.05) is 36.4 Å². The molecule has 0 bridgehead atoms. The molecule has 1 unspecified atom stereocenters. The summed E-state index contributed by atoms with van der Waals surface area (Å²) >= 11 is 0. The van der Waals surface area contributed by atoms with Gasteiger partial charge < -0.3 is 25.5 Å². The standard InChI is InChI=1S/C27H27F3N4O3/c28-27(29,30)19-7-6-8-20(17-19)31-23-12-5-4-11-22(23)25(36)32-24(18-35)26(37)34-15-13-33(14-16-34)21-9-2-1-3-10-21/h1-12,17,24,31,35H,13-16,18H2,(H,32,36). The van der Waals surface area contributed by atoms with E-state index >= 15 is 0 Å². The number of carbonyl (C=O) groups excluding carboxylic acids is 2. The smallest absolute Gasteiger partial charge is 0.394 e. The number of amides is 2. The molecule has 3 aromatic carbocycles. The van der Waals surface area contributed by atoms with Crippen LogP contribution in [0, 0.1) is 0 Å². The van der Waals surface area contributed by atoms with Crippen molar-refractivity contribution in [3.05, 3.63) is 90.0 Å². The number of anilines is 3. The number of hydrogen-bond acceptors (Lipinski definition) is 5. The second kappa shape index (κ2) is 11.3. The summed E-state index contributed by atoms with van der Waals surface area (Å²) < 4.78 is 39.2. The SMILES string of the molecule is O=C(NC(CO)C(=O)N1CCN(c2ccccc2)CC1)c1ccccc1Nc1cccc(C(F)(F)F)c1. The first-order chi connectivity index (χ1) is 17.8. The lowest BCUT2D eigenvalue weighted by molar-refractivity contribution is -0.137. The zero-order chi connectivity index (χ0) is 26.4. The molecular formula is C27H27F3N4O3. The van der Waals surface area contributed by atoms with Crippen LogP contribution in [0.4, 0.5) is 30.2 Å². The maximum absolute atomic E-state index is 13.1. The molecule has 0 spiro atoms. The van der Waals surface area contributed by atoms with Gasteiger partial charge in [-0.05, 0) is 42.5 Å². The van der Waals surface area contributed by atoms with E-state index in [2.05, 4.69) is 15.5 Å². The number of alkyl halides is 3. The molecule has 1 heterocycles. The first kappa shape index (κ1) is 26.0. The fraction of sp³-hybridized carbons (Fsp3) is 0.259. The lowest BCUT2D eigenvalue weighted by Gasteiger charge is -2.37. The Bertz CT molecular complexity index is 1230. The molecule has 194 valence electrons. The minimum atomic E-state index is -4.50. The van der Waals surface area contributed by atoms with E-state index in [4.69, 9.17) is 0 Å². The molecule has 1 aliphatic rings. The van der Waals surface area contributed by atoms with Gasteiger partial charge in [0.25, 0.3) is 5.91 Å². The molecule has 0 saturated carbocycles. The monoisotopic (exact) mass is 512 g/mol. The molecule has 1 aliphatic heterocycles. The van der Waals surface area contributed by atoms with Crippen LogP contribution < -0.4 is 15.5 Å². The Morgan fingerprint density at radius 2 is 1.57 bits per heavy atom. The molecule has 1 fully saturated rings. The lowest BCUT2D eigenvalue weighted by atomic mass is 10.1. The fourth-order valence-electron chi connectivity index (χ4n) is 4.18. The number of halogens is 3. The Labute approximate surface area is 212 Å². The number of para-hydroxylation sites is 2. The summed E-state index contributed by atoms with van der Waals surface area (Å²) in [6.45, 7) is 1.52. The largest absolute Gasteiger partial charge is 0.416 e. The molecule has 4 rings (SSSR count). The second-order valence-electron chi connectivity index (χ2n) is 8.61. The van der Waals surface area contributed by atoms with Crippen molar-refractivity contribution in [1.29, 1.82) is 0 Å². The van der Waals surface area contributed by atoms with E-state index in [0.29, 0.717) is 26.2 Å². The number of rotatable bonds is 7. The number of hydrogen-bond donors (Lipinski definition) is 3. The zero-order valence-electron chi connectivity index (χ0n) is 19.9. The first-order valence-corrected chi connectivity index (χ1v) is 11.8. The van der Waals surface area contributed by atoms with Gasteiger partial charge in [0.05, 0.1) is 23.4 Å². The van der Waals surface area contributed by atoms with E-state index in [9.17, 15) is 27.9 Å². The Balaban J connectivity index is 1.41. The molecule has 1 atom stereocenters. The number of aliphatic hydroxyl groups excluding tert-OH is 1. The molecule has 3 aromatic rings. The molecule has 2 amide bonds. The molecular weight excluding hydrogens is 485 g/mol. The summed E-state index contributed by atoms with van der Waals surface area (Å²) in [6, 6.07) is 19.6. The second-order valence-corrected chi connectivity index (χ2v) is 8.61. The summed E-state index contributed by atoms with van der Waals surface area (Å²) in [5.74, 6) is -1.03. The third-order valence-electron chi connectivity index (χ3n) is 6.14. The third kappa shape index (κ3) is 6.39. The molecule has 10 heteroatoms. The van der Waals surface area contributed by atoms with Gasteiger partial charge in [0.1, 0.15) is 6.04 Å². The molecule has 37 heavy (non-hydrogen) atoms. The first-order valence-electron chi connectivity index (χ1n) is 11.8. The van der Waals surface area contributed by atoms with Crippen LogP contribution in [-0.2, 0) is 11.0 Å². The molecule has 0 aliphatic carbocycles. The molecule has 1 saturated heterocycles. The highest BCUT2D eigenvalue weighted by Gasteiger charge is 2.31. The van der Waals surface area contributed by atoms with Crippen molar-refractivity contribution in [1.82, 2.24) is 10.2 Å². The van der Waals surface area contributed by atoms with Crippen molar-refractivity contribution in [2.24, 2.45) is 0 Å². The van der Waals surface area contributed by atoms with Crippen LogP contribution in [0.15, 0.2) is 78.9 Å². The fourth-order valence-corrected chi connectivity index (χ4v) is 4.18. The van der Waals surface area contributed by atoms with E-state index in [1.54, 1.807) is 23.1 Å². The maximum atomic E-state index is 13.1. The van der Waals surface area contributed by atoms with Crippen molar-refractivity contribution in [2.75, 3.05) is 43.0 Å². The normalized spacial score (nSPS) is 14.7. The van der Waals surface area contributed by atoms with Gasteiger partial charge in [-0.15, -0.1) is 0 Å².